The summed E-state index contributed by atoms with van der Waals surface area (Å²) in [6.07, 6.45) is 0. The van der Waals surface area contributed by atoms with Crippen molar-refractivity contribution in [3.8, 4) is 11.8 Å². The summed E-state index contributed by atoms with van der Waals surface area (Å²) in [5, 5.41) is 13.4. The monoisotopic (exact) mass is 729 g/mol. The number of para-hydroxylation sites is 4. The van der Waals surface area contributed by atoms with Gasteiger partial charge in [0, 0.05) is 53.2 Å². The molecule has 6 aromatic heterocycles. The molecule has 0 fully saturated rings. The first kappa shape index (κ1) is 29.1. The molecule has 6 heterocycles. The first-order valence-electron chi connectivity index (χ1n) is 19.0. The van der Waals surface area contributed by atoms with Crippen LogP contribution in [0.5, 0.6) is 0 Å². The van der Waals surface area contributed by atoms with Crippen molar-refractivity contribution in [3.05, 3.63) is 164 Å². The van der Waals surface area contributed by atoms with Gasteiger partial charge in [0.1, 0.15) is 0 Å². The van der Waals surface area contributed by atoms with Gasteiger partial charge in [-0.25, -0.2) is 4.98 Å². The highest BCUT2D eigenvalue weighted by molar-refractivity contribution is 7.26. The second kappa shape index (κ2) is 10.3. The van der Waals surface area contributed by atoms with E-state index >= 15 is 0 Å². The van der Waals surface area contributed by atoms with E-state index in [0.717, 1.165) is 38.0 Å². The Bertz CT molecular complexity index is 3960. The molecule has 0 atom stereocenters. The van der Waals surface area contributed by atoms with Crippen LogP contribution in [0.2, 0.25) is 0 Å². The largest absolute Gasteiger partial charge is 0.308 e. The first-order valence-corrected chi connectivity index (χ1v) is 19.8. The number of nitrogens with zero attached hydrogens (tertiary/aromatic N) is 5. The van der Waals surface area contributed by atoms with Gasteiger partial charge in [0.2, 0.25) is 5.95 Å². The fourth-order valence-electron chi connectivity index (χ4n) is 9.86. The normalized spacial score (nSPS) is 12.6. The molecule has 0 saturated carbocycles. The van der Waals surface area contributed by atoms with Crippen LogP contribution in [0.3, 0.4) is 0 Å². The van der Waals surface area contributed by atoms with Crippen molar-refractivity contribution < 1.29 is 0 Å². The summed E-state index contributed by atoms with van der Waals surface area (Å²) in [6, 6.07) is 59.6. The number of aromatic nitrogens is 5. The van der Waals surface area contributed by atoms with Crippen molar-refractivity contribution in [2.75, 3.05) is 0 Å². The average molecular weight is 730 g/mol. The van der Waals surface area contributed by atoms with E-state index in [-0.39, 0.29) is 0 Å². The molecule has 0 aliphatic heterocycles. The molecule has 258 valence electrons. The Labute approximate surface area is 321 Å². The minimum absolute atomic E-state index is 0.663. The van der Waals surface area contributed by atoms with Gasteiger partial charge in [0.25, 0.3) is 0 Å². The quantitative estimate of drug-likeness (QED) is 0.178. The molecule has 0 aliphatic carbocycles. The standard InChI is InChI=1S/C50H27N5S/c1-2-14-29-26-42-35(25-28(29)13-1)37-27-36-32-17-5-8-20-38(32)53-41-23-11-6-18-33(41)44(46(36)53)47(37)55(42)49-48-45(34-19-7-12-24-43(34)56-48)51-50(52-49)54-39-21-9-3-15-30(39)31-16-4-10-22-40(31)54/h1-27H. The molecule has 0 saturated heterocycles. The van der Waals surface area contributed by atoms with Crippen molar-refractivity contribution >= 4 is 124 Å². The van der Waals surface area contributed by atoms with Crippen molar-refractivity contribution in [2.24, 2.45) is 0 Å². The molecule has 14 rings (SSSR count). The molecule has 6 heteroatoms. The molecular formula is C50H27N5S. The third kappa shape index (κ3) is 3.51. The maximum atomic E-state index is 5.75. The van der Waals surface area contributed by atoms with Crippen molar-refractivity contribution in [3.63, 3.8) is 0 Å². The highest BCUT2D eigenvalue weighted by atomic mass is 32.1. The Kier molecular flexibility index (Phi) is 5.34. The Hall–Kier alpha value is -7.28. The summed E-state index contributed by atoms with van der Waals surface area (Å²) in [5.74, 6) is 1.56. The van der Waals surface area contributed by atoms with Crippen molar-refractivity contribution in [1.82, 2.24) is 23.5 Å². The Balaban J connectivity index is 1.26. The van der Waals surface area contributed by atoms with E-state index in [1.54, 1.807) is 11.3 Å². The number of benzene rings is 8. The van der Waals surface area contributed by atoms with E-state index in [9.17, 15) is 0 Å². The SMILES string of the molecule is c1ccc2cc3c(cc2c1)c1cc2c4ccccc4n4c5ccccc5c(c1n3-c1nc(-n3c5ccccc5c5ccccc53)nc3c1sc1ccccc13)c24. The molecule has 0 spiro atoms. The summed E-state index contributed by atoms with van der Waals surface area (Å²) in [6.45, 7) is 0. The Morgan fingerprint density at radius 1 is 0.393 bits per heavy atom. The van der Waals surface area contributed by atoms with Gasteiger partial charge in [-0.15, -0.1) is 11.3 Å². The van der Waals surface area contributed by atoms with Crippen molar-refractivity contribution in [2.45, 2.75) is 0 Å². The first-order chi connectivity index (χ1) is 27.8. The van der Waals surface area contributed by atoms with Gasteiger partial charge in [-0.05, 0) is 59.3 Å². The fraction of sp³-hybridized carbons (Fsp3) is 0. The van der Waals surface area contributed by atoms with E-state index in [1.807, 2.05) is 0 Å². The predicted molar refractivity (Wildman–Crippen MR) is 236 cm³/mol. The van der Waals surface area contributed by atoms with Gasteiger partial charge in [-0.3, -0.25) is 9.13 Å². The second-order valence-electron chi connectivity index (χ2n) is 15.0. The van der Waals surface area contributed by atoms with Gasteiger partial charge in [-0.1, -0.05) is 115 Å². The Morgan fingerprint density at radius 2 is 0.946 bits per heavy atom. The van der Waals surface area contributed by atoms with Gasteiger partial charge in [0.15, 0.2) is 5.82 Å². The highest BCUT2D eigenvalue weighted by Gasteiger charge is 2.27. The molecule has 0 N–H and O–H groups in total. The lowest BCUT2D eigenvalue weighted by atomic mass is 10.0. The van der Waals surface area contributed by atoms with E-state index in [2.05, 4.69) is 177 Å². The number of rotatable bonds is 2. The van der Waals surface area contributed by atoms with Crippen LogP contribution in [0.1, 0.15) is 0 Å². The summed E-state index contributed by atoms with van der Waals surface area (Å²) in [4.78, 5) is 11.3. The number of hydrogen-bond donors (Lipinski definition) is 0. The van der Waals surface area contributed by atoms with Crippen LogP contribution in [0.15, 0.2) is 164 Å². The van der Waals surface area contributed by atoms with Crippen LogP contribution in [0.4, 0.5) is 0 Å². The third-order valence-corrected chi connectivity index (χ3v) is 13.3. The average Bonchev–Trinajstić information content (AvgIpc) is 4.04. The second-order valence-corrected chi connectivity index (χ2v) is 16.0. The van der Waals surface area contributed by atoms with Gasteiger partial charge in [-0.2, -0.15) is 4.98 Å². The van der Waals surface area contributed by atoms with Crippen LogP contribution < -0.4 is 0 Å². The number of hydrogen-bond acceptors (Lipinski definition) is 3. The van der Waals surface area contributed by atoms with Crippen LogP contribution in [0, 0.1) is 0 Å². The number of thiophene rings is 1. The lowest BCUT2D eigenvalue weighted by Crippen LogP contribution is -2.06. The van der Waals surface area contributed by atoms with E-state index in [0.29, 0.717) is 5.95 Å². The molecule has 5 nitrogen and oxygen atoms in total. The maximum absolute atomic E-state index is 5.75. The Morgan fingerprint density at radius 3 is 1.68 bits per heavy atom. The summed E-state index contributed by atoms with van der Waals surface area (Å²) >= 11 is 1.78. The number of fused-ring (bicyclic) bond motifs is 17. The minimum atomic E-state index is 0.663. The van der Waals surface area contributed by atoms with Gasteiger partial charge < -0.3 is 4.40 Å². The smallest absolute Gasteiger partial charge is 0.237 e. The van der Waals surface area contributed by atoms with E-state index < -0.39 is 0 Å². The maximum Gasteiger partial charge on any atom is 0.237 e. The van der Waals surface area contributed by atoms with E-state index in [4.69, 9.17) is 9.97 Å². The molecule has 8 aromatic carbocycles. The summed E-state index contributed by atoms with van der Waals surface area (Å²) in [7, 11) is 0. The van der Waals surface area contributed by atoms with Crippen LogP contribution in [0.25, 0.3) is 125 Å². The lowest BCUT2D eigenvalue weighted by Gasteiger charge is -2.13. The van der Waals surface area contributed by atoms with Gasteiger partial charge in [0.05, 0.1) is 48.8 Å². The fourth-order valence-corrected chi connectivity index (χ4v) is 11.0. The third-order valence-electron chi connectivity index (χ3n) is 12.1. The van der Waals surface area contributed by atoms with Crippen LogP contribution >= 0.6 is 11.3 Å². The molecule has 56 heavy (non-hydrogen) atoms. The minimum Gasteiger partial charge on any atom is -0.308 e. The zero-order valence-electron chi connectivity index (χ0n) is 29.7. The molecule has 0 radical (unpaired) electrons. The highest BCUT2D eigenvalue weighted by Crippen LogP contribution is 2.48. The predicted octanol–water partition coefficient (Wildman–Crippen LogP) is 13.3. The van der Waals surface area contributed by atoms with Crippen LogP contribution in [-0.4, -0.2) is 23.5 Å². The van der Waals surface area contributed by atoms with Crippen molar-refractivity contribution in [1.29, 1.82) is 0 Å². The molecule has 0 bridgehead atoms. The summed E-state index contributed by atoms with van der Waals surface area (Å²) in [5.41, 5.74) is 9.13. The molecule has 0 unspecified atom stereocenters. The summed E-state index contributed by atoms with van der Waals surface area (Å²) < 4.78 is 9.48. The zero-order valence-corrected chi connectivity index (χ0v) is 30.5. The topological polar surface area (TPSA) is 40.0 Å². The van der Waals surface area contributed by atoms with Gasteiger partial charge >= 0.3 is 0 Å². The molecular weight excluding hydrogens is 703 g/mol. The molecule has 0 aliphatic rings. The molecule has 0 amide bonds. The van der Waals surface area contributed by atoms with E-state index in [1.165, 1.54) is 80.6 Å². The lowest BCUT2D eigenvalue weighted by molar-refractivity contribution is 0.977. The van der Waals surface area contributed by atoms with Crippen LogP contribution in [-0.2, 0) is 0 Å². The molecule has 14 aromatic rings. The zero-order chi connectivity index (χ0) is 36.2.